The van der Waals surface area contributed by atoms with Gasteiger partial charge >= 0.3 is 5.97 Å². The number of furan rings is 1. The van der Waals surface area contributed by atoms with Crippen molar-refractivity contribution in [2.45, 2.75) is 19.6 Å². The summed E-state index contributed by atoms with van der Waals surface area (Å²) in [4.78, 5) is 24.3. The Hall–Kier alpha value is -3.13. The summed E-state index contributed by atoms with van der Waals surface area (Å²) in [5.74, 6) is -1.44. The number of carbonyl (C=O) groups excluding carboxylic acids is 2. The van der Waals surface area contributed by atoms with Gasteiger partial charge in [0.25, 0.3) is 5.91 Å². The lowest BCUT2D eigenvalue weighted by Crippen LogP contribution is -2.30. The maximum atomic E-state index is 13.0. The van der Waals surface area contributed by atoms with E-state index < -0.39 is 23.8 Å². The normalized spacial score (nSPS) is 11.8. The number of hydrogen-bond acceptors (Lipinski definition) is 5. The molecule has 2 heterocycles. The number of anilines is 1. The molecule has 1 aromatic carbocycles. The Balaban J connectivity index is 1.58. The van der Waals surface area contributed by atoms with Gasteiger partial charge in [-0.1, -0.05) is 11.6 Å². The zero-order valence-corrected chi connectivity index (χ0v) is 14.9. The lowest BCUT2D eigenvalue weighted by atomic mass is 10.3. The third-order valence-electron chi connectivity index (χ3n) is 3.58. The van der Waals surface area contributed by atoms with Crippen molar-refractivity contribution in [3.8, 4) is 0 Å². The second-order valence-corrected chi connectivity index (χ2v) is 6.04. The van der Waals surface area contributed by atoms with Crippen LogP contribution in [-0.4, -0.2) is 27.8 Å². The highest BCUT2D eigenvalue weighted by molar-refractivity contribution is 6.33. The lowest BCUT2D eigenvalue weighted by Gasteiger charge is -2.13. The number of nitrogens with zero attached hydrogens (tertiary/aromatic N) is 2. The molecule has 7 nitrogen and oxygen atoms in total. The van der Waals surface area contributed by atoms with Gasteiger partial charge in [-0.25, -0.2) is 9.18 Å². The van der Waals surface area contributed by atoms with Gasteiger partial charge in [0.2, 0.25) is 5.76 Å². The Morgan fingerprint density at radius 1 is 1.37 bits per heavy atom. The molecule has 1 N–H and O–H groups in total. The van der Waals surface area contributed by atoms with E-state index >= 15 is 0 Å². The number of amides is 1. The maximum absolute atomic E-state index is 13.0. The summed E-state index contributed by atoms with van der Waals surface area (Å²) in [6.45, 7) is 1.76. The van der Waals surface area contributed by atoms with Crippen LogP contribution < -0.4 is 5.32 Å². The van der Waals surface area contributed by atoms with Crippen LogP contribution in [0.15, 0.2) is 53.2 Å². The predicted molar refractivity (Wildman–Crippen MR) is 95.0 cm³/mol. The van der Waals surface area contributed by atoms with E-state index in [0.717, 1.165) is 12.1 Å². The molecule has 2 aromatic heterocycles. The Morgan fingerprint density at radius 2 is 2.19 bits per heavy atom. The molecule has 0 radical (unpaired) electrons. The highest BCUT2D eigenvalue weighted by Gasteiger charge is 2.22. The smallest absolute Gasteiger partial charge is 0.375 e. The summed E-state index contributed by atoms with van der Waals surface area (Å²) in [6, 6.07) is 8.40. The highest BCUT2D eigenvalue weighted by Crippen LogP contribution is 2.22. The van der Waals surface area contributed by atoms with Gasteiger partial charge in [0, 0.05) is 12.4 Å². The molecular formula is C18H15ClFN3O4. The Bertz CT molecular complexity index is 955. The fourth-order valence-electron chi connectivity index (χ4n) is 2.22. The number of carbonyl (C=O) groups is 2. The zero-order valence-electron chi connectivity index (χ0n) is 14.2. The number of rotatable bonds is 6. The number of aromatic nitrogens is 2. The average Bonchev–Trinajstić information content (AvgIpc) is 3.29. The van der Waals surface area contributed by atoms with Crippen molar-refractivity contribution in [1.29, 1.82) is 0 Å². The first-order valence-corrected chi connectivity index (χ1v) is 8.33. The van der Waals surface area contributed by atoms with Gasteiger partial charge in [0.1, 0.15) is 11.6 Å². The minimum absolute atomic E-state index is 0.0309. The zero-order chi connectivity index (χ0) is 19.4. The topological polar surface area (TPSA) is 86.4 Å². The molecule has 0 aliphatic rings. The number of nitrogens with one attached hydrogen (secondary N) is 1. The minimum Gasteiger partial charge on any atom is -0.452 e. The fourth-order valence-corrected chi connectivity index (χ4v) is 2.44. The quantitative estimate of drug-likeness (QED) is 0.650. The van der Waals surface area contributed by atoms with E-state index in [1.54, 1.807) is 29.2 Å². The van der Waals surface area contributed by atoms with Crippen LogP contribution >= 0.6 is 11.6 Å². The van der Waals surface area contributed by atoms with E-state index in [-0.39, 0.29) is 16.5 Å². The molecule has 1 unspecified atom stereocenters. The molecule has 0 aliphatic carbocycles. The molecule has 140 valence electrons. The molecule has 0 spiro atoms. The Morgan fingerprint density at radius 3 is 2.89 bits per heavy atom. The highest BCUT2D eigenvalue weighted by atomic mass is 35.5. The van der Waals surface area contributed by atoms with Gasteiger partial charge < -0.3 is 14.5 Å². The largest absolute Gasteiger partial charge is 0.452 e. The van der Waals surface area contributed by atoms with E-state index in [2.05, 4.69) is 10.4 Å². The Labute approximate surface area is 158 Å². The van der Waals surface area contributed by atoms with Crippen LogP contribution in [0.2, 0.25) is 5.02 Å². The van der Waals surface area contributed by atoms with Crippen molar-refractivity contribution in [3.63, 3.8) is 0 Å². The van der Waals surface area contributed by atoms with Gasteiger partial charge in [-0.2, -0.15) is 5.10 Å². The number of benzene rings is 1. The van der Waals surface area contributed by atoms with Crippen LogP contribution in [0.5, 0.6) is 0 Å². The van der Waals surface area contributed by atoms with E-state index in [1.807, 2.05) is 0 Å². The fraction of sp³-hybridized carbons (Fsp3) is 0.167. The molecule has 1 atom stereocenters. The number of halogens is 2. The van der Waals surface area contributed by atoms with Crippen LogP contribution in [0.4, 0.5) is 10.1 Å². The van der Waals surface area contributed by atoms with Crippen molar-refractivity contribution < 1.29 is 23.1 Å². The van der Waals surface area contributed by atoms with Gasteiger partial charge in [-0.15, -0.1) is 0 Å². The third-order valence-corrected chi connectivity index (χ3v) is 3.89. The molecule has 0 saturated carbocycles. The van der Waals surface area contributed by atoms with Crippen molar-refractivity contribution in [2.75, 3.05) is 5.32 Å². The van der Waals surface area contributed by atoms with Gasteiger partial charge in [0.15, 0.2) is 6.10 Å². The van der Waals surface area contributed by atoms with Crippen molar-refractivity contribution in [2.24, 2.45) is 0 Å². The van der Waals surface area contributed by atoms with E-state index in [0.29, 0.717) is 12.3 Å². The van der Waals surface area contributed by atoms with E-state index in [9.17, 15) is 14.0 Å². The molecule has 0 bridgehead atoms. The van der Waals surface area contributed by atoms with Crippen molar-refractivity contribution in [1.82, 2.24) is 9.78 Å². The molecule has 3 aromatic rings. The van der Waals surface area contributed by atoms with Crippen LogP contribution in [0.25, 0.3) is 0 Å². The third kappa shape index (κ3) is 4.73. The molecule has 1 amide bonds. The summed E-state index contributed by atoms with van der Waals surface area (Å²) in [5.41, 5.74) is 0.213. The predicted octanol–water partition coefficient (Wildman–Crippen LogP) is 3.50. The standard InChI is InChI=1S/C18H15ClFN3O4/c1-11(17(24)22-15-5-3-12(20)9-14(15)19)26-18(25)16-6-4-13(27-16)10-23-8-2-7-21-23/h2-9,11H,10H2,1H3,(H,22,24). The maximum Gasteiger partial charge on any atom is 0.375 e. The molecule has 3 rings (SSSR count). The van der Waals surface area contributed by atoms with Crippen molar-refractivity contribution >= 4 is 29.2 Å². The van der Waals surface area contributed by atoms with Crippen LogP contribution in [-0.2, 0) is 16.1 Å². The Kier molecular flexibility index (Phi) is 5.56. The molecule has 0 aliphatic heterocycles. The van der Waals surface area contributed by atoms with Gasteiger partial charge in [-0.3, -0.25) is 9.48 Å². The van der Waals surface area contributed by atoms with Crippen LogP contribution in [0.1, 0.15) is 23.2 Å². The second kappa shape index (κ2) is 8.05. The van der Waals surface area contributed by atoms with Crippen LogP contribution in [0.3, 0.4) is 0 Å². The molecule has 0 saturated heterocycles. The second-order valence-electron chi connectivity index (χ2n) is 5.63. The summed E-state index contributed by atoms with van der Waals surface area (Å²) in [5, 5.41) is 6.55. The van der Waals surface area contributed by atoms with Crippen molar-refractivity contribution in [3.05, 3.63) is 71.2 Å². The van der Waals surface area contributed by atoms with Crippen LogP contribution in [0, 0.1) is 5.82 Å². The lowest BCUT2D eigenvalue weighted by molar-refractivity contribution is -0.123. The summed E-state index contributed by atoms with van der Waals surface area (Å²) < 4.78 is 25.2. The molecule has 9 heteroatoms. The monoisotopic (exact) mass is 391 g/mol. The van der Waals surface area contributed by atoms with Gasteiger partial charge in [0.05, 0.1) is 17.3 Å². The number of esters is 1. The first-order valence-electron chi connectivity index (χ1n) is 7.95. The number of ether oxygens (including phenoxy) is 1. The van der Waals surface area contributed by atoms with E-state index in [4.69, 9.17) is 20.8 Å². The summed E-state index contributed by atoms with van der Waals surface area (Å²) in [7, 11) is 0. The molecule has 0 fully saturated rings. The van der Waals surface area contributed by atoms with Gasteiger partial charge in [-0.05, 0) is 43.3 Å². The summed E-state index contributed by atoms with van der Waals surface area (Å²) >= 11 is 5.86. The number of hydrogen-bond donors (Lipinski definition) is 1. The first kappa shape index (κ1) is 18.7. The molecule has 27 heavy (non-hydrogen) atoms. The average molecular weight is 392 g/mol. The minimum atomic E-state index is -1.11. The SMILES string of the molecule is CC(OC(=O)c1ccc(Cn2cccn2)o1)C(=O)Nc1ccc(F)cc1Cl. The summed E-state index contributed by atoms with van der Waals surface area (Å²) in [6.07, 6.45) is 2.28. The molecular weight excluding hydrogens is 377 g/mol. The first-order chi connectivity index (χ1) is 12.9. The van der Waals surface area contributed by atoms with E-state index in [1.165, 1.54) is 19.1 Å².